The average Bonchev–Trinajstić information content (AvgIpc) is 3.07. The predicted molar refractivity (Wildman–Crippen MR) is 114 cm³/mol. The molecule has 0 atom stereocenters. The van der Waals surface area contributed by atoms with Crippen LogP contribution >= 0.6 is 38.9 Å². The van der Waals surface area contributed by atoms with Crippen molar-refractivity contribution in [3.05, 3.63) is 56.3 Å². The first-order valence-corrected chi connectivity index (χ1v) is 10.7. The van der Waals surface area contributed by atoms with Crippen LogP contribution in [-0.4, -0.2) is 31.6 Å². The zero-order valence-corrected chi connectivity index (χ0v) is 18.2. The fourth-order valence-electron chi connectivity index (χ4n) is 2.82. The van der Waals surface area contributed by atoms with Crippen molar-refractivity contribution in [2.75, 3.05) is 19.8 Å². The summed E-state index contributed by atoms with van der Waals surface area (Å²) in [5.41, 5.74) is 0.737. The maximum Gasteiger partial charge on any atom is 0.325 e. The largest absolute Gasteiger partial charge is 0.486 e. The molecular weight excluding hydrogens is 482 g/mol. The highest BCUT2D eigenvalue weighted by Gasteiger charge is 2.19. The van der Waals surface area contributed by atoms with Crippen LogP contribution in [0.1, 0.15) is 15.2 Å². The average molecular weight is 497 g/mol. The number of rotatable bonds is 5. The smallest absolute Gasteiger partial charge is 0.325 e. The summed E-state index contributed by atoms with van der Waals surface area (Å²) in [4.78, 5) is 24.8. The Balaban J connectivity index is 1.34. The van der Waals surface area contributed by atoms with E-state index in [1.807, 2.05) is 24.3 Å². The highest BCUT2D eigenvalue weighted by atomic mass is 79.9. The predicted octanol–water partition coefficient (Wildman–Crippen LogP) is 4.56. The monoisotopic (exact) mass is 495 g/mol. The van der Waals surface area contributed by atoms with E-state index < -0.39 is 11.9 Å². The van der Waals surface area contributed by atoms with Crippen molar-refractivity contribution in [2.45, 2.75) is 6.61 Å². The van der Waals surface area contributed by atoms with Gasteiger partial charge in [-0.15, -0.1) is 11.3 Å². The van der Waals surface area contributed by atoms with Crippen molar-refractivity contribution in [1.29, 1.82) is 0 Å². The van der Waals surface area contributed by atoms with Crippen LogP contribution in [0.25, 0.3) is 10.1 Å². The van der Waals surface area contributed by atoms with Crippen LogP contribution in [0.5, 0.6) is 11.5 Å². The zero-order chi connectivity index (χ0) is 20.4. The van der Waals surface area contributed by atoms with Crippen LogP contribution in [0.3, 0.4) is 0 Å². The number of hydrogen-bond donors (Lipinski definition) is 1. The first-order chi connectivity index (χ1) is 14.0. The number of carbonyl (C=O) groups excluding carboxylic acids is 2. The molecule has 0 fully saturated rings. The SMILES string of the molecule is O=C(CNC(=O)c1sc2ccccc2c1Cl)OCc1cc2c(cc1Br)OCCO2. The second-order valence-electron chi connectivity index (χ2n) is 6.17. The lowest BCUT2D eigenvalue weighted by Gasteiger charge is -2.19. The van der Waals surface area contributed by atoms with Gasteiger partial charge >= 0.3 is 5.97 Å². The molecule has 9 heteroatoms. The van der Waals surface area contributed by atoms with E-state index in [1.54, 1.807) is 12.1 Å². The van der Waals surface area contributed by atoms with Crippen molar-refractivity contribution in [3.63, 3.8) is 0 Å². The first kappa shape index (κ1) is 20.0. The Kier molecular flexibility index (Phi) is 5.94. The van der Waals surface area contributed by atoms with Gasteiger partial charge in [0, 0.05) is 20.1 Å². The van der Waals surface area contributed by atoms with Gasteiger partial charge in [-0.25, -0.2) is 0 Å². The van der Waals surface area contributed by atoms with E-state index in [0.717, 1.165) is 20.1 Å². The van der Waals surface area contributed by atoms with Crippen LogP contribution in [0.4, 0.5) is 0 Å². The lowest BCUT2D eigenvalue weighted by atomic mass is 10.2. The summed E-state index contributed by atoms with van der Waals surface area (Å²) >= 11 is 11.0. The molecule has 6 nitrogen and oxygen atoms in total. The van der Waals surface area contributed by atoms with Crippen LogP contribution in [0.15, 0.2) is 40.9 Å². The van der Waals surface area contributed by atoms with E-state index in [2.05, 4.69) is 21.2 Å². The van der Waals surface area contributed by atoms with E-state index in [-0.39, 0.29) is 13.2 Å². The number of ether oxygens (including phenoxy) is 3. The van der Waals surface area contributed by atoms with Gasteiger partial charge in [0.25, 0.3) is 5.91 Å². The molecule has 3 aromatic rings. The van der Waals surface area contributed by atoms with Gasteiger partial charge in [0.15, 0.2) is 11.5 Å². The highest BCUT2D eigenvalue weighted by molar-refractivity contribution is 9.10. The first-order valence-electron chi connectivity index (χ1n) is 8.72. The third kappa shape index (κ3) is 4.34. The molecule has 1 aromatic heterocycles. The number of halogens is 2. The molecule has 0 bridgehead atoms. The van der Waals surface area contributed by atoms with Gasteiger partial charge in [-0.1, -0.05) is 45.7 Å². The Morgan fingerprint density at radius 2 is 1.90 bits per heavy atom. The van der Waals surface area contributed by atoms with Gasteiger partial charge in [-0.3, -0.25) is 9.59 Å². The van der Waals surface area contributed by atoms with E-state index in [1.165, 1.54) is 11.3 Å². The van der Waals surface area contributed by atoms with E-state index in [0.29, 0.717) is 34.6 Å². The second-order valence-corrected chi connectivity index (χ2v) is 8.46. The van der Waals surface area contributed by atoms with E-state index in [4.69, 9.17) is 25.8 Å². The minimum Gasteiger partial charge on any atom is -0.486 e. The van der Waals surface area contributed by atoms with Crippen LogP contribution in [0.2, 0.25) is 5.02 Å². The Hall–Kier alpha value is -2.29. The molecule has 1 aliphatic rings. The molecule has 0 unspecified atom stereocenters. The van der Waals surface area contributed by atoms with E-state index >= 15 is 0 Å². The maximum absolute atomic E-state index is 12.4. The van der Waals surface area contributed by atoms with Crippen molar-refractivity contribution in [3.8, 4) is 11.5 Å². The molecule has 0 saturated carbocycles. The fourth-order valence-corrected chi connectivity index (χ4v) is 4.69. The third-order valence-electron chi connectivity index (χ3n) is 4.23. The molecule has 0 radical (unpaired) electrons. The summed E-state index contributed by atoms with van der Waals surface area (Å²) in [7, 11) is 0. The van der Waals surface area contributed by atoms with Crippen LogP contribution in [-0.2, 0) is 16.1 Å². The molecule has 1 aliphatic heterocycles. The van der Waals surface area contributed by atoms with Gasteiger partial charge < -0.3 is 19.5 Å². The molecule has 2 aromatic carbocycles. The molecular formula is C20H15BrClNO5S. The Morgan fingerprint density at radius 3 is 2.66 bits per heavy atom. The van der Waals surface area contributed by atoms with Crippen molar-refractivity contribution >= 4 is 60.8 Å². The number of thiophene rings is 1. The molecule has 0 aliphatic carbocycles. The van der Waals surface area contributed by atoms with E-state index in [9.17, 15) is 9.59 Å². The van der Waals surface area contributed by atoms with Gasteiger partial charge in [0.05, 0.1) is 5.02 Å². The molecule has 29 heavy (non-hydrogen) atoms. The molecule has 1 amide bonds. The number of benzene rings is 2. The van der Waals surface area contributed by atoms with Gasteiger partial charge in [0.1, 0.15) is 31.2 Å². The lowest BCUT2D eigenvalue weighted by Crippen LogP contribution is -2.30. The van der Waals surface area contributed by atoms with Gasteiger partial charge in [-0.05, 0) is 18.2 Å². The zero-order valence-electron chi connectivity index (χ0n) is 15.0. The quantitative estimate of drug-likeness (QED) is 0.524. The van der Waals surface area contributed by atoms with Crippen LogP contribution < -0.4 is 14.8 Å². The number of nitrogens with one attached hydrogen (secondary N) is 1. The summed E-state index contributed by atoms with van der Waals surface area (Å²) in [5, 5.41) is 3.76. The second kappa shape index (κ2) is 8.61. The van der Waals surface area contributed by atoms with Crippen molar-refractivity contribution < 1.29 is 23.8 Å². The number of fused-ring (bicyclic) bond motifs is 2. The van der Waals surface area contributed by atoms with Gasteiger partial charge in [0.2, 0.25) is 0 Å². The normalized spacial score (nSPS) is 12.6. The lowest BCUT2D eigenvalue weighted by molar-refractivity contribution is -0.143. The highest BCUT2D eigenvalue weighted by Crippen LogP contribution is 2.36. The molecule has 4 rings (SSSR count). The molecule has 1 N–H and O–H groups in total. The van der Waals surface area contributed by atoms with Gasteiger partial charge in [-0.2, -0.15) is 0 Å². The number of hydrogen-bond acceptors (Lipinski definition) is 6. The summed E-state index contributed by atoms with van der Waals surface area (Å²) in [5.74, 6) is 0.287. The Bertz CT molecular complexity index is 1100. The number of carbonyl (C=O) groups is 2. The molecule has 0 spiro atoms. The minimum atomic E-state index is -0.558. The fraction of sp³-hybridized carbons (Fsp3) is 0.200. The van der Waals surface area contributed by atoms with Crippen LogP contribution in [0, 0.1) is 0 Å². The molecule has 2 heterocycles. The number of amides is 1. The Labute approximate surface area is 183 Å². The minimum absolute atomic E-state index is 0.0373. The summed E-state index contributed by atoms with van der Waals surface area (Å²) in [6.45, 7) is 0.749. The molecule has 0 saturated heterocycles. The topological polar surface area (TPSA) is 73.9 Å². The Morgan fingerprint density at radius 1 is 1.17 bits per heavy atom. The van der Waals surface area contributed by atoms with Crippen molar-refractivity contribution in [1.82, 2.24) is 5.32 Å². The maximum atomic E-state index is 12.4. The summed E-state index contributed by atoms with van der Waals surface area (Å²) in [6.07, 6.45) is 0. The number of esters is 1. The summed E-state index contributed by atoms with van der Waals surface area (Å²) in [6, 6.07) is 11.0. The third-order valence-corrected chi connectivity index (χ3v) is 6.65. The summed E-state index contributed by atoms with van der Waals surface area (Å²) < 4.78 is 18.0. The molecule has 150 valence electrons. The standard InChI is InChI=1S/C20H15BrClNO5S/c21-13-8-15-14(26-5-6-27-15)7-11(13)10-28-17(24)9-23-20(25)19-18(22)12-3-1-2-4-16(12)29-19/h1-4,7-8H,5-6,9-10H2,(H,23,25). The van der Waals surface area contributed by atoms with Crippen molar-refractivity contribution in [2.24, 2.45) is 0 Å².